The fraction of sp³-hybridized carbons (Fsp3) is 0. The van der Waals surface area contributed by atoms with Crippen LogP contribution in [0.2, 0.25) is 0 Å². The first-order valence-corrected chi connectivity index (χ1v) is 17.9. The standard InChI is InChI=1S/C47H29N3S/c1-3-12-30(13-4-1)34-18-11-19-36(26-34)45-48-46(37-23-22-32-16-7-8-17-33(32)27-37)50-47(49-45)41-29-43-44(39-21-10-9-20-38(39)41)40-25-24-35(28-42(40)51-43)31-14-5-2-6-15-31/h1-29H. The van der Waals surface area contributed by atoms with E-state index in [9.17, 15) is 0 Å². The first kappa shape index (κ1) is 29.4. The zero-order valence-corrected chi connectivity index (χ0v) is 28.3. The van der Waals surface area contributed by atoms with Crippen molar-refractivity contribution in [2.24, 2.45) is 0 Å². The molecule has 3 nitrogen and oxygen atoms in total. The number of fused-ring (bicyclic) bond motifs is 6. The van der Waals surface area contributed by atoms with Crippen LogP contribution in [-0.4, -0.2) is 15.0 Å². The molecular formula is C47H29N3S. The fourth-order valence-electron chi connectivity index (χ4n) is 7.19. The fourth-order valence-corrected chi connectivity index (χ4v) is 8.39. The van der Waals surface area contributed by atoms with E-state index in [4.69, 9.17) is 15.0 Å². The quantitative estimate of drug-likeness (QED) is 0.183. The van der Waals surface area contributed by atoms with Crippen molar-refractivity contribution in [3.8, 4) is 56.4 Å². The first-order chi connectivity index (χ1) is 25.2. The predicted octanol–water partition coefficient (Wildman–Crippen LogP) is 12.9. The number of aromatic nitrogens is 3. The number of thiophene rings is 1. The molecule has 0 aliphatic carbocycles. The second-order valence-electron chi connectivity index (χ2n) is 12.8. The molecule has 51 heavy (non-hydrogen) atoms. The van der Waals surface area contributed by atoms with Gasteiger partial charge in [0.15, 0.2) is 17.5 Å². The van der Waals surface area contributed by atoms with Crippen LogP contribution in [0.5, 0.6) is 0 Å². The minimum atomic E-state index is 0.647. The van der Waals surface area contributed by atoms with Crippen LogP contribution >= 0.6 is 11.3 Å². The second-order valence-corrected chi connectivity index (χ2v) is 13.9. The molecule has 0 radical (unpaired) electrons. The molecular weight excluding hydrogens is 639 g/mol. The molecule has 0 spiro atoms. The number of hydrogen-bond acceptors (Lipinski definition) is 4. The van der Waals surface area contributed by atoms with E-state index in [-0.39, 0.29) is 0 Å². The maximum Gasteiger partial charge on any atom is 0.164 e. The van der Waals surface area contributed by atoms with E-state index < -0.39 is 0 Å². The van der Waals surface area contributed by atoms with Gasteiger partial charge in [0.1, 0.15) is 0 Å². The third-order valence-corrected chi connectivity index (χ3v) is 10.8. The van der Waals surface area contributed by atoms with Crippen LogP contribution < -0.4 is 0 Å². The van der Waals surface area contributed by atoms with Crippen molar-refractivity contribution in [1.82, 2.24) is 15.0 Å². The largest absolute Gasteiger partial charge is 0.208 e. The van der Waals surface area contributed by atoms with Crippen LogP contribution in [-0.2, 0) is 0 Å². The maximum absolute atomic E-state index is 5.24. The van der Waals surface area contributed by atoms with Crippen LogP contribution in [0.15, 0.2) is 176 Å². The van der Waals surface area contributed by atoms with Crippen molar-refractivity contribution in [2.45, 2.75) is 0 Å². The van der Waals surface area contributed by atoms with E-state index in [1.165, 1.54) is 42.1 Å². The smallest absolute Gasteiger partial charge is 0.164 e. The molecule has 2 heterocycles. The predicted molar refractivity (Wildman–Crippen MR) is 215 cm³/mol. The van der Waals surface area contributed by atoms with Gasteiger partial charge in [0.25, 0.3) is 0 Å². The average molecular weight is 668 g/mol. The molecule has 10 rings (SSSR count). The number of nitrogens with zero attached hydrogens (tertiary/aromatic N) is 3. The average Bonchev–Trinajstić information content (AvgIpc) is 3.59. The van der Waals surface area contributed by atoms with Gasteiger partial charge in [0.2, 0.25) is 0 Å². The molecule has 0 saturated carbocycles. The van der Waals surface area contributed by atoms with Crippen LogP contribution in [0, 0.1) is 0 Å². The highest BCUT2D eigenvalue weighted by Gasteiger charge is 2.19. The van der Waals surface area contributed by atoms with Gasteiger partial charge in [0.05, 0.1) is 0 Å². The summed E-state index contributed by atoms with van der Waals surface area (Å²) in [6.07, 6.45) is 0. The second kappa shape index (κ2) is 12.1. The molecule has 0 amide bonds. The first-order valence-electron chi connectivity index (χ1n) is 17.1. The molecule has 0 bridgehead atoms. The summed E-state index contributed by atoms with van der Waals surface area (Å²) in [4.78, 5) is 15.6. The van der Waals surface area contributed by atoms with Crippen molar-refractivity contribution in [2.75, 3.05) is 0 Å². The normalized spacial score (nSPS) is 11.5. The molecule has 8 aromatic carbocycles. The minimum Gasteiger partial charge on any atom is -0.208 e. The van der Waals surface area contributed by atoms with Crippen LogP contribution in [0.1, 0.15) is 0 Å². The molecule has 0 unspecified atom stereocenters. The molecule has 0 N–H and O–H groups in total. The highest BCUT2D eigenvalue weighted by Crippen LogP contribution is 2.43. The number of benzene rings is 8. The van der Waals surface area contributed by atoms with E-state index in [0.717, 1.165) is 38.6 Å². The Morgan fingerprint density at radius 2 is 0.882 bits per heavy atom. The van der Waals surface area contributed by atoms with Gasteiger partial charge in [-0.05, 0) is 68.1 Å². The topological polar surface area (TPSA) is 38.7 Å². The zero-order chi connectivity index (χ0) is 33.7. The number of hydrogen-bond donors (Lipinski definition) is 0. The summed E-state index contributed by atoms with van der Waals surface area (Å²) in [5.41, 5.74) is 7.62. The third-order valence-electron chi connectivity index (χ3n) is 9.70. The highest BCUT2D eigenvalue weighted by atomic mass is 32.1. The number of rotatable bonds is 5. The van der Waals surface area contributed by atoms with Crippen molar-refractivity contribution in [3.63, 3.8) is 0 Å². The van der Waals surface area contributed by atoms with E-state index in [1.807, 2.05) is 17.4 Å². The Bertz CT molecular complexity index is 2910. The van der Waals surface area contributed by atoms with E-state index in [2.05, 4.69) is 170 Å². The maximum atomic E-state index is 5.24. The van der Waals surface area contributed by atoms with Crippen molar-refractivity contribution in [1.29, 1.82) is 0 Å². The molecule has 10 aromatic rings. The highest BCUT2D eigenvalue weighted by molar-refractivity contribution is 7.26. The van der Waals surface area contributed by atoms with Gasteiger partial charge in [0, 0.05) is 36.9 Å². The molecule has 4 heteroatoms. The third kappa shape index (κ3) is 5.25. The molecule has 2 aromatic heterocycles. The summed E-state index contributed by atoms with van der Waals surface area (Å²) in [6, 6.07) is 62.2. The van der Waals surface area contributed by atoms with Gasteiger partial charge in [-0.1, -0.05) is 152 Å². The van der Waals surface area contributed by atoms with Crippen molar-refractivity contribution < 1.29 is 0 Å². The Morgan fingerprint density at radius 3 is 1.65 bits per heavy atom. The Labute approximate surface area is 299 Å². The van der Waals surface area contributed by atoms with Gasteiger partial charge in [-0.25, -0.2) is 15.0 Å². The van der Waals surface area contributed by atoms with Gasteiger partial charge in [-0.3, -0.25) is 0 Å². The Balaban J connectivity index is 1.20. The Hall–Kier alpha value is -6.49. The Kier molecular flexibility index (Phi) is 7.00. The lowest BCUT2D eigenvalue weighted by Gasteiger charge is -2.12. The van der Waals surface area contributed by atoms with Crippen LogP contribution in [0.4, 0.5) is 0 Å². The van der Waals surface area contributed by atoms with Crippen molar-refractivity contribution in [3.05, 3.63) is 176 Å². The summed E-state index contributed by atoms with van der Waals surface area (Å²) in [7, 11) is 0. The lowest BCUT2D eigenvalue weighted by atomic mass is 9.97. The molecule has 238 valence electrons. The van der Waals surface area contributed by atoms with E-state index in [0.29, 0.717) is 17.5 Å². The molecule has 0 fully saturated rings. The summed E-state index contributed by atoms with van der Waals surface area (Å²) in [6.45, 7) is 0. The summed E-state index contributed by atoms with van der Waals surface area (Å²) in [5, 5.41) is 7.19. The monoisotopic (exact) mass is 667 g/mol. The summed E-state index contributed by atoms with van der Waals surface area (Å²) >= 11 is 1.83. The minimum absolute atomic E-state index is 0.647. The van der Waals surface area contributed by atoms with Crippen LogP contribution in [0.3, 0.4) is 0 Å². The Morgan fingerprint density at radius 1 is 0.314 bits per heavy atom. The van der Waals surface area contributed by atoms with Crippen molar-refractivity contribution >= 4 is 53.1 Å². The molecule has 0 aliphatic rings. The SMILES string of the molecule is c1ccc(-c2cccc(-c3nc(-c4ccc5ccccc5c4)nc(-c4cc5sc6cc(-c7ccccc7)ccc6c5c5ccccc45)n3)c2)cc1. The van der Waals surface area contributed by atoms with Gasteiger partial charge in [-0.15, -0.1) is 11.3 Å². The molecule has 0 atom stereocenters. The van der Waals surface area contributed by atoms with Crippen LogP contribution in [0.25, 0.3) is 98.1 Å². The molecule has 0 saturated heterocycles. The zero-order valence-electron chi connectivity index (χ0n) is 27.5. The summed E-state index contributed by atoms with van der Waals surface area (Å²) < 4.78 is 2.48. The van der Waals surface area contributed by atoms with Gasteiger partial charge >= 0.3 is 0 Å². The van der Waals surface area contributed by atoms with Gasteiger partial charge < -0.3 is 0 Å². The van der Waals surface area contributed by atoms with E-state index in [1.54, 1.807) is 0 Å². The lowest BCUT2D eigenvalue weighted by Crippen LogP contribution is -2.01. The van der Waals surface area contributed by atoms with Gasteiger partial charge in [-0.2, -0.15) is 0 Å². The summed E-state index contributed by atoms with van der Waals surface area (Å²) in [5.74, 6) is 1.96. The molecule has 0 aliphatic heterocycles. The van der Waals surface area contributed by atoms with E-state index >= 15 is 0 Å². The lowest BCUT2D eigenvalue weighted by molar-refractivity contribution is 1.08.